The lowest BCUT2D eigenvalue weighted by Gasteiger charge is -2.23. The molecule has 1 aliphatic rings. The molecule has 1 N–H and O–H groups in total. The van der Waals surface area contributed by atoms with Crippen molar-refractivity contribution >= 4 is 22.4 Å². The smallest absolute Gasteiger partial charge is 0.241 e. The Hall–Kier alpha value is -0.620. The van der Waals surface area contributed by atoms with Gasteiger partial charge in [-0.25, -0.2) is 13.1 Å². The molecule has 1 aromatic rings. The van der Waals surface area contributed by atoms with Crippen molar-refractivity contribution in [2.24, 2.45) is 0 Å². The second-order valence-corrected chi connectivity index (χ2v) is 7.71. The average molecular weight is 347 g/mol. The maximum atomic E-state index is 12.6. The van der Waals surface area contributed by atoms with Crippen LogP contribution in [0.15, 0.2) is 17.0 Å². The van der Waals surface area contributed by atoms with Crippen molar-refractivity contribution in [3.8, 4) is 0 Å². The maximum Gasteiger partial charge on any atom is 0.241 e. The molecule has 4 nitrogen and oxygen atoms in total. The number of hydrogen-bond donors (Lipinski definition) is 1. The molecular weight excluding hydrogens is 320 g/mol. The van der Waals surface area contributed by atoms with Crippen LogP contribution in [0.2, 0.25) is 0 Å². The first kappa shape index (κ1) is 19.4. The minimum Gasteiger partial charge on any atom is -0.299 e. The minimum absolute atomic E-state index is 0. The molecule has 0 radical (unpaired) electrons. The lowest BCUT2D eigenvalue weighted by Crippen LogP contribution is -2.40. The Labute approximate surface area is 140 Å². The number of aryl methyl sites for hydroxylation is 3. The monoisotopic (exact) mass is 346 g/mol. The Morgan fingerprint density at radius 1 is 1.23 bits per heavy atom. The summed E-state index contributed by atoms with van der Waals surface area (Å²) in [5.74, 6) is 0. The molecule has 0 saturated carbocycles. The lowest BCUT2D eigenvalue weighted by molar-refractivity contribution is 0.268. The summed E-state index contributed by atoms with van der Waals surface area (Å²) >= 11 is 0. The fraction of sp³-hybridized carbons (Fsp3) is 0.625. The number of hydrogen-bond acceptors (Lipinski definition) is 3. The van der Waals surface area contributed by atoms with E-state index in [0.29, 0.717) is 17.5 Å². The highest BCUT2D eigenvalue weighted by Gasteiger charge is 2.26. The number of likely N-dealkylation sites (N-methyl/N-ethyl adjacent to an activating group) is 1. The Morgan fingerprint density at radius 3 is 2.36 bits per heavy atom. The maximum absolute atomic E-state index is 12.6. The Balaban J connectivity index is 0.00000242. The first-order chi connectivity index (χ1) is 9.85. The van der Waals surface area contributed by atoms with Crippen LogP contribution in [0.1, 0.15) is 36.5 Å². The van der Waals surface area contributed by atoms with Crippen LogP contribution in [-0.4, -0.2) is 39.0 Å². The van der Waals surface area contributed by atoms with E-state index in [1.54, 1.807) is 0 Å². The third-order valence-electron chi connectivity index (χ3n) is 4.29. The van der Waals surface area contributed by atoms with Gasteiger partial charge in [-0.15, -0.1) is 12.4 Å². The van der Waals surface area contributed by atoms with Crippen molar-refractivity contribution < 1.29 is 8.42 Å². The number of sulfonamides is 1. The Morgan fingerprint density at radius 2 is 1.82 bits per heavy atom. The SMILES string of the molecule is CCN1CCCC1CNS(=O)(=O)c1c(C)cc(C)cc1C.Cl. The van der Waals surface area contributed by atoms with E-state index in [9.17, 15) is 8.42 Å². The summed E-state index contributed by atoms with van der Waals surface area (Å²) in [6, 6.07) is 4.18. The van der Waals surface area contributed by atoms with Gasteiger partial charge >= 0.3 is 0 Å². The highest BCUT2D eigenvalue weighted by Crippen LogP contribution is 2.22. The predicted octanol–water partition coefficient (Wildman–Crippen LogP) is 2.80. The minimum atomic E-state index is -3.43. The van der Waals surface area contributed by atoms with Gasteiger partial charge in [0.1, 0.15) is 0 Å². The molecule has 1 heterocycles. The van der Waals surface area contributed by atoms with E-state index in [-0.39, 0.29) is 12.4 Å². The van der Waals surface area contributed by atoms with E-state index in [0.717, 1.165) is 42.6 Å². The average Bonchev–Trinajstić information content (AvgIpc) is 2.82. The van der Waals surface area contributed by atoms with E-state index in [4.69, 9.17) is 0 Å². The first-order valence-electron chi connectivity index (χ1n) is 7.66. The van der Waals surface area contributed by atoms with Crippen molar-refractivity contribution in [3.63, 3.8) is 0 Å². The van der Waals surface area contributed by atoms with Gasteiger partial charge in [0.25, 0.3) is 0 Å². The fourth-order valence-corrected chi connectivity index (χ4v) is 4.93. The largest absolute Gasteiger partial charge is 0.299 e. The van der Waals surface area contributed by atoms with Crippen LogP contribution in [0.5, 0.6) is 0 Å². The van der Waals surface area contributed by atoms with Gasteiger partial charge in [-0.05, 0) is 57.8 Å². The second kappa shape index (κ2) is 7.77. The van der Waals surface area contributed by atoms with Gasteiger partial charge in [0.2, 0.25) is 10.0 Å². The number of likely N-dealkylation sites (tertiary alicyclic amines) is 1. The second-order valence-electron chi connectivity index (χ2n) is 6.00. The zero-order valence-electron chi connectivity index (χ0n) is 13.8. The molecule has 0 aromatic heterocycles. The molecule has 0 bridgehead atoms. The molecule has 2 rings (SSSR count). The van der Waals surface area contributed by atoms with Gasteiger partial charge < -0.3 is 0 Å². The van der Waals surface area contributed by atoms with Crippen LogP contribution in [0.25, 0.3) is 0 Å². The summed E-state index contributed by atoms with van der Waals surface area (Å²) < 4.78 is 28.0. The van der Waals surface area contributed by atoms with Gasteiger partial charge in [0.05, 0.1) is 4.90 Å². The van der Waals surface area contributed by atoms with E-state index in [1.807, 2.05) is 32.9 Å². The molecular formula is C16H27ClN2O2S. The summed E-state index contributed by atoms with van der Waals surface area (Å²) in [6.45, 7) is 10.4. The molecule has 1 fully saturated rings. The zero-order chi connectivity index (χ0) is 15.6. The van der Waals surface area contributed by atoms with E-state index in [1.165, 1.54) is 0 Å². The molecule has 1 aromatic carbocycles. The fourth-order valence-electron chi connectivity index (χ4n) is 3.41. The molecule has 22 heavy (non-hydrogen) atoms. The van der Waals surface area contributed by atoms with Crippen LogP contribution in [-0.2, 0) is 10.0 Å². The van der Waals surface area contributed by atoms with Crippen LogP contribution in [0.4, 0.5) is 0 Å². The molecule has 0 spiro atoms. The van der Waals surface area contributed by atoms with E-state index < -0.39 is 10.0 Å². The number of halogens is 1. The molecule has 0 aliphatic carbocycles. The van der Waals surface area contributed by atoms with Crippen molar-refractivity contribution in [2.75, 3.05) is 19.6 Å². The first-order valence-corrected chi connectivity index (χ1v) is 9.15. The highest BCUT2D eigenvalue weighted by molar-refractivity contribution is 7.89. The van der Waals surface area contributed by atoms with Gasteiger partial charge in [-0.1, -0.05) is 24.6 Å². The van der Waals surface area contributed by atoms with Gasteiger partial charge in [0.15, 0.2) is 0 Å². The number of nitrogens with one attached hydrogen (secondary N) is 1. The Bertz CT molecular complexity index is 594. The van der Waals surface area contributed by atoms with Crippen LogP contribution in [0, 0.1) is 20.8 Å². The summed E-state index contributed by atoms with van der Waals surface area (Å²) in [4.78, 5) is 2.78. The van der Waals surface area contributed by atoms with Crippen molar-refractivity contribution in [2.45, 2.75) is 51.5 Å². The van der Waals surface area contributed by atoms with Gasteiger partial charge in [-0.2, -0.15) is 0 Å². The standard InChI is InChI=1S/C16H26N2O2S.ClH/c1-5-18-8-6-7-15(18)11-17-21(19,20)16-13(3)9-12(2)10-14(16)4;/h9-10,15,17H,5-8,11H2,1-4H3;1H. The number of rotatable bonds is 5. The van der Waals surface area contributed by atoms with Gasteiger partial charge in [0, 0.05) is 12.6 Å². The molecule has 0 amide bonds. The Kier molecular flexibility index (Phi) is 6.86. The molecule has 1 aliphatic heterocycles. The summed E-state index contributed by atoms with van der Waals surface area (Å²) in [5.41, 5.74) is 2.73. The summed E-state index contributed by atoms with van der Waals surface area (Å²) in [7, 11) is -3.43. The normalized spacial score (nSPS) is 19.2. The number of benzene rings is 1. The van der Waals surface area contributed by atoms with Crippen molar-refractivity contribution in [1.82, 2.24) is 9.62 Å². The summed E-state index contributed by atoms with van der Waals surface area (Å²) in [6.07, 6.45) is 2.23. The molecule has 6 heteroatoms. The van der Waals surface area contributed by atoms with E-state index in [2.05, 4.69) is 16.5 Å². The van der Waals surface area contributed by atoms with Crippen LogP contribution in [0.3, 0.4) is 0 Å². The van der Waals surface area contributed by atoms with Crippen molar-refractivity contribution in [3.05, 3.63) is 28.8 Å². The van der Waals surface area contributed by atoms with Crippen LogP contribution < -0.4 is 4.72 Å². The van der Waals surface area contributed by atoms with Crippen molar-refractivity contribution in [1.29, 1.82) is 0 Å². The molecule has 1 saturated heterocycles. The van der Waals surface area contributed by atoms with E-state index >= 15 is 0 Å². The topological polar surface area (TPSA) is 49.4 Å². The third-order valence-corrected chi connectivity index (χ3v) is 6.02. The molecule has 126 valence electrons. The predicted molar refractivity (Wildman–Crippen MR) is 93.4 cm³/mol. The lowest BCUT2D eigenvalue weighted by atomic mass is 10.1. The number of nitrogens with zero attached hydrogens (tertiary/aromatic N) is 1. The zero-order valence-corrected chi connectivity index (χ0v) is 15.5. The summed E-state index contributed by atoms with van der Waals surface area (Å²) in [5, 5.41) is 0. The quantitative estimate of drug-likeness (QED) is 0.891. The highest BCUT2D eigenvalue weighted by atomic mass is 35.5. The molecule has 1 unspecified atom stereocenters. The van der Waals surface area contributed by atoms with Gasteiger partial charge in [-0.3, -0.25) is 4.90 Å². The van der Waals surface area contributed by atoms with Crippen LogP contribution >= 0.6 is 12.4 Å². The third kappa shape index (κ3) is 4.22. The molecule has 1 atom stereocenters.